The van der Waals surface area contributed by atoms with Gasteiger partial charge in [0.1, 0.15) is 0 Å². The van der Waals surface area contributed by atoms with Crippen LogP contribution in [0.25, 0.3) is 0 Å². The molecule has 1 heterocycles. The molecule has 0 aromatic carbocycles. The molecule has 3 heteroatoms. The Morgan fingerprint density at radius 3 is 2.67 bits per heavy atom. The lowest BCUT2D eigenvalue weighted by molar-refractivity contribution is 0.0695. The first-order valence-electron chi connectivity index (χ1n) is 3.83. The van der Waals surface area contributed by atoms with Crippen molar-refractivity contribution in [3.05, 3.63) is 29.1 Å². The van der Waals surface area contributed by atoms with Crippen molar-refractivity contribution in [3.8, 4) is 0 Å². The minimum atomic E-state index is -0.900. The van der Waals surface area contributed by atoms with E-state index in [1.807, 2.05) is 13.8 Å². The third-order valence-corrected chi connectivity index (χ3v) is 1.86. The number of nitrogens with zero attached hydrogens (tertiary/aromatic N) is 1. The van der Waals surface area contributed by atoms with E-state index in [-0.39, 0.29) is 0 Å². The average Bonchev–Trinajstić information content (AvgIpc) is 2.03. The fraction of sp³-hybridized carbons (Fsp3) is 0.333. The van der Waals surface area contributed by atoms with Crippen molar-refractivity contribution in [1.82, 2.24) is 4.98 Å². The normalized spacial score (nSPS) is 9.83. The van der Waals surface area contributed by atoms with E-state index in [2.05, 4.69) is 4.98 Å². The number of carboxylic acid groups (broad SMARTS) is 1. The van der Waals surface area contributed by atoms with Crippen molar-refractivity contribution in [2.45, 2.75) is 20.3 Å². The second-order valence-corrected chi connectivity index (χ2v) is 2.64. The Labute approximate surface area is 71.1 Å². The van der Waals surface area contributed by atoms with E-state index >= 15 is 0 Å². The number of pyridine rings is 1. The van der Waals surface area contributed by atoms with Crippen molar-refractivity contribution >= 4 is 5.97 Å². The smallest absolute Gasteiger partial charge is 0.337 e. The number of hydrogen-bond donors (Lipinski definition) is 1. The lowest BCUT2D eigenvalue weighted by atomic mass is 10.0. The van der Waals surface area contributed by atoms with Crippen molar-refractivity contribution in [2.75, 3.05) is 0 Å². The van der Waals surface area contributed by atoms with Crippen LogP contribution in [0.5, 0.6) is 0 Å². The lowest BCUT2D eigenvalue weighted by Gasteiger charge is -2.04. The van der Waals surface area contributed by atoms with Crippen LogP contribution in [0, 0.1) is 6.92 Å². The average molecular weight is 165 g/mol. The van der Waals surface area contributed by atoms with Gasteiger partial charge < -0.3 is 5.11 Å². The van der Waals surface area contributed by atoms with Gasteiger partial charge in [-0.3, -0.25) is 4.98 Å². The standard InChI is InChI=1S/C9H11NO2/c1-3-7-6(2)4-10-5-8(7)9(11)12/h4-5H,3H2,1-2H3,(H,11,12). The zero-order valence-electron chi connectivity index (χ0n) is 7.16. The number of aryl methyl sites for hydroxylation is 1. The summed E-state index contributed by atoms with van der Waals surface area (Å²) in [4.78, 5) is 14.5. The van der Waals surface area contributed by atoms with Crippen LogP contribution in [0.1, 0.15) is 28.4 Å². The number of rotatable bonds is 2. The van der Waals surface area contributed by atoms with Gasteiger partial charge in [0, 0.05) is 12.4 Å². The minimum Gasteiger partial charge on any atom is -0.478 e. The van der Waals surface area contributed by atoms with E-state index in [1.165, 1.54) is 6.20 Å². The van der Waals surface area contributed by atoms with Crippen LogP contribution in [0.4, 0.5) is 0 Å². The zero-order valence-corrected chi connectivity index (χ0v) is 7.16. The Bertz CT molecular complexity index is 307. The highest BCUT2D eigenvalue weighted by atomic mass is 16.4. The monoisotopic (exact) mass is 165 g/mol. The molecule has 1 rings (SSSR count). The Morgan fingerprint density at radius 1 is 1.58 bits per heavy atom. The summed E-state index contributed by atoms with van der Waals surface area (Å²) in [5.74, 6) is -0.900. The van der Waals surface area contributed by atoms with Gasteiger partial charge >= 0.3 is 5.97 Å². The van der Waals surface area contributed by atoms with Crippen LogP contribution in [0.15, 0.2) is 12.4 Å². The summed E-state index contributed by atoms with van der Waals surface area (Å²) < 4.78 is 0. The molecule has 1 aromatic rings. The van der Waals surface area contributed by atoms with Crippen LogP contribution in [0.2, 0.25) is 0 Å². The fourth-order valence-electron chi connectivity index (χ4n) is 1.25. The molecule has 0 saturated heterocycles. The van der Waals surface area contributed by atoms with Crippen molar-refractivity contribution in [1.29, 1.82) is 0 Å². The molecule has 0 fully saturated rings. The topological polar surface area (TPSA) is 50.2 Å². The van der Waals surface area contributed by atoms with Gasteiger partial charge in [-0.15, -0.1) is 0 Å². The highest BCUT2D eigenvalue weighted by Gasteiger charge is 2.10. The second-order valence-electron chi connectivity index (χ2n) is 2.64. The Morgan fingerprint density at radius 2 is 2.25 bits per heavy atom. The first kappa shape index (κ1) is 8.71. The van der Waals surface area contributed by atoms with Crippen LogP contribution in [-0.4, -0.2) is 16.1 Å². The summed E-state index contributed by atoms with van der Waals surface area (Å²) in [6.45, 7) is 3.81. The maximum atomic E-state index is 10.7. The van der Waals surface area contributed by atoms with Crippen LogP contribution in [-0.2, 0) is 6.42 Å². The molecule has 12 heavy (non-hydrogen) atoms. The predicted octanol–water partition coefficient (Wildman–Crippen LogP) is 1.65. The number of aromatic carboxylic acids is 1. The van der Waals surface area contributed by atoms with Gasteiger partial charge in [0.25, 0.3) is 0 Å². The predicted molar refractivity (Wildman–Crippen MR) is 45.3 cm³/mol. The number of hydrogen-bond acceptors (Lipinski definition) is 2. The van der Waals surface area contributed by atoms with Gasteiger partial charge in [-0.2, -0.15) is 0 Å². The summed E-state index contributed by atoms with van der Waals surface area (Å²) in [5, 5.41) is 8.78. The molecule has 0 radical (unpaired) electrons. The summed E-state index contributed by atoms with van der Waals surface area (Å²) >= 11 is 0. The molecule has 0 aliphatic carbocycles. The van der Waals surface area contributed by atoms with Gasteiger partial charge in [0.05, 0.1) is 5.56 Å². The number of carbonyl (C=O) groups is 1. The van der Waals surface area contributed by atoms with Gasteiger partial charge in [-0.05, 0) is 24.5 Å². The second kappa shape index (κ2) is 3.34. The molecule has 0 aliphatic rings. The third-order valence-electron chi connectivity index (χ3n) is 1.86. The molecule has 0 unspecified atom stereocenters. The molecule has 64 valence electrons. The van der Waals surface area contributed by atoms with Gasteiger partial charge in [-0.1, -0.05) is 6.92 Å². The fourth-order valence-corrected chi connectivity index (χ4v) is 1.25. The molecule has 0 saturated carbocycles. The van der Waals surface area contributed by atoms with E-state index in [1.54, 1.807) is 6.20 Å². The van der Waals surface area contributed by atoms with E-state index in [4.69, 9.17) is 5.11 Å². The molecule has 1 N–H and O–H groups in total. The first-order chi connectivity index (χ1) is 5.66. The van der Waals surface area contributed by atoms with E-state index in [9.17, 15) is 4.79 Å². The maximum Gasteiger partial charge on any atom is 0.337 e. The molecule has 0 aliphatic heterocycles. The first-order valence-corrected chi connectivity index (χ1v) is 3.83. The maximum absolute atomic E-state index is 10.7. The number of carboxylic acids is 1. The quantitative estimate of drug-likeness (QED) is 0.724. The van der Waals surface area contributed by atoms with E-state index in [0.717, 1.165) is 17.5 Å². The number of aromatic nitrogens is 1. The lowest BCUT2D eigenvalue weighted by Crippen LogP contribution is -2.04. The summed E-state index contributed by atoms with van der Waals surface area (Å²) in [6, 6.07) is 0. The molecule has 3 nitrogen and oxygen atoms in total. The van der Waals surface area contributed by atoms with E-state index in [0.29, 0.717) is 5.56 Å². The molecular weight excluding hydrogens is 154 g/mol. The molecule has 1 aromatic heterocycles. The summed E-state index contributed by atoms with van der Waals surface area (Å²) in [6.07, 6.45) is 3.81. The molecule has 0 spiro atoms. The minimum absolute atomic E-state index is 0.317. The van der Waals surface area contributed by atoms with Crippen molar-refractivity contribution < 1.29 is 9.90 Å². The Hall–Kier alpha value is -1.38. The SMILES string of the molecule is CCc1c(C)cncc1C(=O)O. The van der Waals surface area contributed by atoms with Crippen LogP contribution < -0.4 is 0 Å². The molecule has 0 amide bonds. The largest absolute Gasteiger partial charge is 0.478 e. The highest BCUT2D eigenvalue weighted by molar-refractivity contribution is 5.89. The van der Waals surface area contributed by atoms with Crippen LogP contribution >= 0.6 is 0 Å². The highest BCUT2D eigenvalue weighted by Crippen LogP contribution is 2.12. The van der Waals surface area contributed by atoms with Gasteiger partial charge in [-0.25, -0.2) is 4.79 Å². The third kappa shape index (κ3) is 1.44. The van der Waals surface area contributed by atoms with Gasteiger partial charge in [0.15, 0.2) is 0 Å². The summed E-state index contributed by atoms with van der Waals surface area (Å²) in [5.41, 5.74) is 2.13. The Kier molecular flexibility index (Phi) is 2.43. The molecule has 0 bridgehead atoms. The Balaban J connectivity index is 3.27. The van der Waals surface area contributed by atoms with Crippen molar-refractivity contribution in [2.24, 2.45) is 0 Å². The van der Waals surface area contributed by atoms with Crippen LogP contribution in [0.3, 0.4) is 0 Å². The molecule has 0 atom stereocenters. The summed E-state index contributed by atoms with van der Waals surface area (Å²) in [7, 11) is 0. The van der Waals surface area contributed by atoms with E-state index < -0.39 is 5.97 Å². The molecular formula is C9H11NO2. The van der Waals surface area contributed by atoms with Crippen molar-refractivity contribution in [3.63, 3.8) is 0 Å². The van der Waals surface area contributed by atoms with Gasteiger partial charge in [0.2, 0.25) is 0 Å². The zero-order chi connectivity index (χ0) is 9.14.